The summed E-state index contributed by atoms with van der Waals surface area (Å²) in [6, 6.07) is 13.6. The molecule has 2 aliphatic rings. The van der Waals surface area contributed by atoms with Crippen LogP contribution in [0.2, 0.25) is 0 Å². The smallest absolute Gasteiger partial charge is 0.264 e. The van der Waals surface area contributed by atoms with Crippen LogP contribution in [-0.4, -0.2) is 57.0 Å². The van der Waals surface area contributed by atoms with Crippen molar-refractivity contribution < 1.29 is 36.3 Å². The average Bonchev–Trinajstić information content (AvgIpc) is 3.05. The van der Waals surface area contributed by atoms with Gasteiger partial charge in [0.25, 0.3) is 10.0 Å². The van der Waals surface area contributed by atoms with Crippen molar-refractivity contribution >= 4 is 27.5 Å². The Labute approximate surface area is 262 Å². The first-order valence-electron chi connectivity index (χ1n) is 15.2. The summed E-state index contributed by atoms with van der Waals surface area (Å²) in [7, 11) is -4.41. The van der Waals surface area contributed by atoms with E-state index in [9.17, 15) is 26.8 Å². The molecule has 1 fully saturated rings. The van der Waals surface area contributed by atoms with Gasteiger partial charge >= 0.3 is 0 Å². The molecule has 1 aliphatic carbocycles. The van der Waals surface area contributed by atoms with Crippen LogP contribution in [0.4, 0.5) is 14.5 Å². The second-order valence-corrected chi connectivity index (χ2v) is 13.1. The number of carbonyl (C=O) groups is 2. The number of fused-ring (bicyclic) bond motifs is 1. The monoisotopic (exact) mass is 641 g/mol. The molecule has 1 N–H and O–H groups in total. The number of hydrogen-bond acceptors (Lipinski definition) is 6. The van der Waals surface area contributed by atoms with E-state index in [1.54, 1.807) is 6.92 Å². The lowest BCUT2D eigenvalue weighted by molar-refractivity contribution is -0.140. The maximum atomic E-state index is 14.2. The highest BCUT2D eigenvalue weighted by Crippen LogP contribution is 2.34. The molecule has 1 heterocycles. The molecule has 0 saturated heterocycles. The Morgan fingerprint density at radius 1 is 0.889 bits per heavy atom. The first-order chi connectivity index (χ1) is 21.7. The lowest BCUT2D eigenvalue weighted by Crippen LogP contribution is -2.54. The summed E-state index contributed by atoms with van der Waals surface area (Å²) in [6.07, 6.45) is 5.07. The fourth-order valence-electron chi connectivity index (χ4n) is 5.70. The van der Waals surface area contributed by atoms with Gasteiger partial charge in [-0.2, -0.15) is 0 Å². The fraction of sp³-hybridized carbons (Fsp3) is 0.394. The van der Waals surface area contributed by atoms with Crippen LogP contribution >= 0.6 is 0 Å². The van der Waals surface area contributed by atoms with E-state index < -0.39 is 40.2 Å². The molecule has 1 aliphatic heterocycles. The maximum Gasteiger partial charge on any atom is 0.264 e. The normalized spacial score (nSPS) is 15.6. The average molecular weight is 642 g/mol. The molecule has 45 heavy (non-hydrogen) atoms. The third kappa shape index (κ3) is 7.73. The van der Waals surface area contributed by atoms with Crippen LogP contribution in [0.25, 0.3) is 0 Å². The van der Waals surface area contributed by atoms with Gasteiger partial charge in [0.1, 0.15) is 37.4 Å². The van der Waals surface area contributed by atoms with Gasteiger partial charge < -0.3 is 19.7 Å². The Morgan fingerprint density at radius 3 is 2.16 bits per heavy atom. The third-order valence-electron chi connectivity index (χ3n) is 8.10. The van der Waals surface area contributed by atoms with E-state index >= 15 is 0 Å². The zero-order valence-electron chi connectivity index (χ0n) is 25.1. The summed E-state index contributed by atoms with van der Waals surface area (Å²) in [4.78, 5) is 29.0. The van der Waals surface area contributed by atoms with Crippen LogP contribution in [0.1, 0.15) is 51.0 Å². The Balaban J connectivity index is 1.49. The number of nitrogens with zero attached hydrogens (tertiary/aromatic N) is 2. The first-order valence-corrected chi connectivity index (χ1v) is 16.6. The van der Waals surface area contributed by atoms with Gasteiger partial charge in [0.15, 0.2) is 11.5 Å². The Bertz CT molecular complexity index is 1600. The van der Waals surface area contributed by atoms with Crippen molar-refractivity contribution in [2.75, 3.05) is 24.1 Å². The molecule has 0 aromatic heterocycles. The number of amides is 2. The van der Waals surface area contributed by atoms with Crippen molar-refractivity contribution in [3.8, 4) is 11.5 Å². The van der Waals surface area contributed by atoms with E-state index in [-0.39, 0.29) is 47.9 Å². The first kappa shape index (κ1) is 32.2. The molecule has 0 spiro atoms. The summed E-state index contributed by atoms with van der Waals surface area (Å²) in [6.45, 7) is 1.61. The molecule has 1 unspecified atom stereocenters. The van der Waals surface area contributed by atoms with Gasteiger partial charge in [-0.15, -0.1) is 0 Å². The number of anilines is 1. The molecule has 3 aromatic carbocycles. The molecular formula is C33H37F2N3O6S. The van der Waals surface area contributed by atoms with Crippen molar-refractivity contribution in [2.45, 2.75) is 69.0 Å². The van der Waals surface area contributed by atoms with Gasteiger partial charge in [0.2, 0.25) is 11.8 Å². The van der Waals surface area contributed by atoms with Crippen LogP contribution in [-0.2, 0) is 26.2 Å². The molecule has 12 heteroatoms. The van der Waals surface area contributed by atoms with Gasteiger partial charge in [-0.05, 0) is 73.4 Å². The highest BCUT2D eigenvalue weighted by Gasteiger charge is 2.35. The quantitative estimate of drug-likeness (QED) is 0.309. The zero-order chi connectivity index (χ0) is 32.0. The van der Waals surface area contributed by atoms with Crippen molar-refractivity contribution in [3.63, 3.8) is 0 Å². The minimum Gasteiger partial charge on any atom is -0.486 e. The Kier molecular flexibility index (Phi) is 10.2. The number of rotatable bonds is 11. The second-order valence-electron chi connectivity index (χ2n) is 11.2. The zero-order valence-corrected chi connectivity index (χ0v) is 25.9. The molecule has 9 nitrogen and oxygen atoms in total. The molecule has 0 radical (unpaired) electrons. The largest absolute Gasteiger partial charge is 0.486 e. The van der Waals surface area contributed by atoms with Crippen LogP contribution in [0.5, 0.6) is 11.5 Å². The summed E-state index contributed by atoms with van der Waals surface area (Å²) >= 11 is 0. The van der Waals surface area contributed by atoms with E-state index in [1.165, 1.54) is 59.5 Å². The second kappa shape index (κ2) is 14.3. The van der Waals surface area contributed by atoms with Crippen molar-refractivity contribution in [1.29, 1.82) is 0 Å². The summed E-state index contributed by atoms with van der Waals surface area (Å²) < 4.78 is 67.9. The molecule has 2 amide bonds. The van der Waals surface area contributed by atoms with E-state index in [2.05, 4.69) is 5.32 Å². The molecule has 1 atom stereocenters. The number of ether oxygens (including phenoxy) is 2. The SMILES string of the molecule is CCC(C(=O)NC1CCCCC1)N(Cc1ccc(F)cc1)C(=O)CN(c1ccc(F)cc1)S(=O)(=O)c1ccc2c(c1)OCCO2. The Hall–Kier alpha value is -4.19. The predicted molar refractivity (Wildman–Crippen MR) is 164 cm³/mol. The molecule has 5 rings (SSSR count). The van der Waals surface area contributed by atoms with Gasteiger partial charge in [0.05, 0.1) is 10.6 Å². The predicted octanol–water partition coefficient (Wildman–Crippen LogP) is 5.19. The molecule has 3 aromatic rings. The van der Waals surface area contributed by atoms with Crippen molar-refractivity contribution in [2.24, 2.45) is 0 Å². The number of carbonyl (C=O) groups excluding carboxylic acids is 2. The Morgan fingerprint density at radius 2 is 1.51 bits per heavy atom. The summed E-state index contributed by atoms with van der Waals surface area (Å²) in [5, 5.41) is 3.08. The summed E-state index contributed by atoms with van der Waals surface area (Å²) in [5.74, 6) is -1.38. The van der Waals surface area contributed by atoms with Gasteiger partial charge in [0, 0.05) is 18.7 Å². The minimum atomic E-state index is -4.41. The highest BCUT2D eigenvalue weighted by atomic mass is 32.2. The van der Waals surface area contributed by atoms with E-state index in [0.29, 0.717) is 17.9 Å². The lowest BCUT2D eigenvalue weighted by Gasteiger charge is -2.34. The number of halogens is 2. The molecular weight excluding hydrogens is 604 g/mol. The molecule has 1 saturated carbocycles. The van der Waals surface area contributed by atoms with Crippen molar-refractivity contribution in [1.82, 2.24) is 10.2 Å². The standard InChI is InChI=1S/C33H37F2N3O6S/c1-2-29(33(40)36-26-6-4-3-5-7-26)37(21-23-8-10-24(34)11-9-23)32(39)22-38(27-14-12-25(35)13-15-27)45(41,42)28-16-17-30-31(20-28)44-19-18-43-30/h8-17,20,26,29H,2-7,18-19,21-22H2,1H3,(H,36,40). The number of hydrogen-bond donors (Lipinski definition) is 1. The van der Waals surface area contributed by atoms with Crippen molar-refractivity contribution in [3.05, 3.63) is 83.9 Å². The van der Waals surface area contributed by atoms with E-state index in [1.807, 2.05) is 0 Å². The summed E-state index contributed by atoms with van der Waals surface area (Å²) in [5.41, 5.74) is 0.623. The molecule has 0 bridgehead atoms. The van der Waals surface area contributed by atoms with Crippen LogP contribution in [0, 0.1) is 11.6 Å². The number of sulfonamides is 1. The number of benzene rings is 3. The van der Waals surface area contributed by atoms with Crippen LogP contribution in [0.3, 0.4) is 0 Å². The number of nitrogens with one attached hydrogen (secondary N) is 1. The fourth-order valence-corrected chi connectivity index (χ4v) is 7.13. The van der Waals surface area contributed by atoms with Crippen LogP contribution < -0.4 is 19.1 Å². The third-order valence-corrected chi connectivity index (χ3v) is 9.87. The van der Waals surface area contributed by atoms with Gasteiger partial charge in [-0.3, -0.25) is 13.9 Å². The highest BCUT2D eigenvalue weighted by molar-refractivity contribution is 7.92. The van der Waals surface area contributed by atoms with Crippen LogP contribution in [0.15, 0.2) is 71.6 Å². The van der Waals surface area contributed by atoms with Gasteiger partial charge in [-0.1, -0.05) is 38.3 Å². The minimum absolute atomic E-state index is 0.00521. The lowest BCUT2D eigenvalue weighted by atomic mass is 9.95. The maximum absolute atomic E-state index is 14.2. The van der Waals surface area contributed by atoms with E-state index in [0.717, 1.165) is 48.5 Å². The topological polar surface area (TPSA) is 105 Å². The van der Waals surface area contributed by atoms with E-state index in [4.69, 9.17) is 9.47 Å². The molecule has 240 valence electrons. The van der Waals surface area contributed by atoms with Gasteiger partial charge in [-0.25, -0.2) is 17.2 Å².